The monoisotopic (exact) mass is 448 g/mol. The number of carbonyl (C=O) groups excluding carboxylic acids is 2. The third kappa shape index (κ3) is 4.52. The molecule has 3 N–H and O–H groups in total. The van der Waals surface area contributed by atoms with E-state index in [-0.39, 0.29) is 28.8 Å². The number of fused-ring (bicyclic) bond motifs is 1. The van der Waals surface area contributed by atoms with Crippen molar-refractivity contribution in [2.75, 3.05) is 4.72 Å². The van der Waals surface area contributed by atoms with Gasteiger partial charge in [-0.25, -0.2) is 8.42 Å². The molecule has 2 aromatic heterocycles. The Bertz CT molecular complexity index is 1380. The number of Topliss-reactive ketones (excluding diaryl/α,β-unsaturated/α-hetero) is 1. The fourth-order valence-electron chi connectivity index (χ4n) is 3.24. The van der Waals surface area contributed by atoms with E-state index in [1.807, 2.05) is 0 Å². The van der Waals surface area contributed by atoms with Crippen molar-refractivity contribution in [3.8, 4) is 0 Å². The molecule has 0 aliphatic carbocycles. The molecule has 0 bridgehead atoms. The van der Waals surface area contributed by atoms with Crippen LogP contribution in [0, 0.1) is 0 Å². The third-order valence-electron chi connectivity index (χ3n) is 4.90. The Morgan fingerprint density at radius 2 is 1.78 bits per heavy atom. The standard InChI is InChI=1S/C23H20N4O4S/c1-15(28)19-4-2-3-5-21(19)27-32(30,31)18-8-6-16(7-9-18)13-25-23(29)22-12-17-14-24-11-10-20(17)26-22/h2-12,14,26-27H,13H2,1H3,(H,25,29). The quantitative estimate of drug-likeness (QED) is 0.374. The summed E-state index contributed by atoms with van der Waals surface area (Å²) in [5.41, 5.74) is 2.49. The second-order valence-electron chi connectivity index (χ2n) is 7.18. The first-order valence-electron chi connectivity index (χ1n) is 9.76. The van der Waals surface area contributed by atoms with Crippen molar-refractivity contribution in [3.05, 3.63) is 89.9 Å². The normalized spacial score (nSPS) is 11.3. The van der Waals surface area contributed by atoms with Gasteiger partial charge in [0.2, 0.25) is 0 Å². The maximum absolute atomic E-state index is 12.7. The number of amides is 1. The molecule has 0 spiro atoms. The number of H-pyrrole nitrogens is 1. The van der Waals surface area contributed by atoms with Crippen LogP contribution in [-0.4, -0.2) is 30.1 Å². The summed E-state index contributed by atoms with van der Waals surface area (Å²) in [4.78, 5) is 31.3. The van der Waals surface area contributed by atoms with Crippen molar-refractivity contribution in [3.63, 3.8) is 0 Å². The molecule has 2 heterocycles. The lowest BCUT2D eigenvalue weighted by Gasteiger charge is -2.11. The number of nitrogens with one attached hydrogen (secondary N) is 3. The number of nitrogens with zero attached hydrogens (tertiary/aromatic N) is 1. The molecular weight excluding hydrogens is 428 g/mol. The van der Waals surface area contributed by atoms with Gasteiger partial charge in [-0.15, -0.1) is 0 Å². The SMILES string of the molecule is CC(=O)c1ccccc1NS(=O)(=O)c1ccc(CNC(=O)c2cc3cnccc3[nH]2)cc1. The van der Waals surface area contributed by atoms with E-state index < -0.39 is 10.0 Å². The van der Waals surface area contributed by atoms with E-state index in [4.69, 9.17) is 0 Å². The number of rotatable bonds is 7. The number of anilines is 1. The summed E-state index contributed by atoms with van der Waals surface area (Å²) in [6.45, 7) is 1.61. The number of benzene rings is 2. The summed E-state index contributed by atoms with van der Waals surface area (Å²) >= 11 is 0. The summed E-state index contributed by atoms with van der Waals surface area (Å²) in [6, 6.07) is 16.1. The van der Waals surface area contributed by atoms with E-state index in [0.717, 1.165) is 16.5 Å². The maximum Gasteiger partial charge on any atom is 0.267 e. The van der Waals surface area contributed by atoms with Gasteiger partial charge in [-0.2, -0.15) is 0 Å². The molecule has 4 aromatic rings. The summed E-state index contributed by atoms with van der Waals surface area (Å²) < 4.78 is 27.9. The average molecular weight is 449 g/mol. The number of sulfonamides is 1. The Balaban J connectivity index is 1.43. The molecule has 0 fully saturated rings. The minimum atomic E-state index is -3.88. The fourth-order valence-corrected chi connectivity index (χ4v) is 4.32. The smallest absolute Gasteiger partial charge is 0.267 e. The van der Waals surface area contributed by atoms with Crippen molar-refractivity contribution in [1.29, 1.82) is 0 Å². The molecule has 8 nitrogen and oxygen atoms in total. The Hall–Kier alpha value is -3.98. The summed E-state index contributed by atoms with van der Waals surface area (Å²) in [6.07, 6.45) is 3.31. The van der Waals surface area contributed by atoms with E-state index in [0.29, 0.717) is 11.3 Å². The molecule has 0 atom stereocenters. The van der Waals surface area contributed by atoms with Gasteiger partial charge >= 0.3 is 0 Å². The predicted octanol–water partition coefficient (Wildman–Crippen LogP) is 3.50. The number of para-hydroxylation sites is 1. The van der Waals surface area contributed by atoms with E-state index in [1.54, 1.807) is 54.9 Å². The number of carbonyl (C=O) groups is 2. The van der Waals surface area contributed by atoms with Crippen LogP contribution in [0.1, 0.15) is 33.3 Å². The van der Waals surface area contributed by atoms with E-state index in [1.165, 1.54) is 25.1 Å². The van der Waals surface area contributed by atoms with Gasteiger partial charge in [0.05, 0.1) is 10.6 Å². The number of ketones is 1. The van der Waals surface area contributed by atoms with Crippen molar-refractivity contribution in [2.45, 2.75) is 18.4 Å². The molecule has 2 aromatic carbocycles. The first kappa shape index (κ1) is 21.3. The molecule has 162 valence electrons. The lowest BCUT2D eigenvalue weighted by Crippen LogP contribution is -2.23. The van der Waals surface area contributed by atoms with Gasteiger partial charge in [0.15, 0.2) is 5.78 Å². The van der Waals surface area contributed by atoms with E-state index >= 15 is 0 Å². The number of aromatic nitrogens is 2. The lowest BCUT2D eigenvalue weighted by atomic mass is 10.1. The number of aromatic amines is 1. The topological polar surface area (TPSA) is 121 Å². The maximum atomic E-state index is 12.7. The van der Waals surface area contributed by atoms with Crippen LogP contribution in [-0.2, 0) is 16.6 Å². The van der Waals surface area contributed by atoms with Crippen LogP contribution in [0.15, 0.2) is 78.0 Å². The molecule has 0 aliphatic rings. The van der Waals surface area contributed by atoms with Crippen LogP contribution < -0.4 is 10.0 Å². The second kappa shape index (κ2) is 8.64. The summed E-state index contributed by atoms with van der Waals surface area (Å²) in [5.74, 6) is -0.513. The lowest BCUT2D eigenvalue weighted by molar-refractivity contribution is 0.0945. The largest absolute Gasteiger partial charge is 0.350 e. The highest BCUT2D eigenvalue weighted by Crippen LogP contribution is 2.21. The summed E-state index contributed by atoms with van der Waals surface area (Å²) in [5, 5.41) is 3.64. The van der Waals surface area contributed by atoms with Crippen LogP contribution >= 0.6 is 0 Å². The van der Waals surface area contributed by atoms with E-state index in [2.05, 4.69) is 20.0 Å². The highest BCUT2D eigenvalue weighted by atomic mass is 32.2. The molecule has 1 amide bonds. The van der Waals surface area contributed by atoms with Gasteiger partial charge in [0.25, 0.3) is 15.9 Å². The zero-order valence-corrected chi connectivity index (χ0v) is 17.9. The van der Waals surface area contributed by atoms with Gasteiger partial charge in [0, 0.05) is 35.4 Å². The molecule has 9 heteroatoms. The molecule has 4 rings (SSSR count). The van der Waals surface area contributed by atoms with Gasteiger partial charge in [-0.05, 0) is 48.9 Å². The van der Waals surface area contributed by atoms with Crippen LogP contribution in [0.4, 0.5) is 5.69 Å². The molecule has 0 saturated heterocycles. The minimum Gasteiger partial charge on any atom is -0.350 e. The summed E-state index contributed by atoms with van der Waals surface area (Å²) in [7, 11) is -3.88. The van der Waals surface area contributed by atoms with Crippen LogP contribution in [0.5, 0.6) is 0 Å². The first-order valence-corrected chi connectivity index (χ1v) is 11.2. The Labute approximate surface area is 184 Å². The van der Waals surface area contributed by atoms with Gasteiger partial charge in [-0.3, -0.25) is 19.3 Å². The van der Waals surface area contributed by atoms with Crippen molar-refractivity contribution >= 4 is 38.3 Å². The molecule has 32 heavy (non-hydrogen) atoms. The minimum absolute atomic E-state index is 0.0500. The Kier molecular flexibility index (Phi) is 5.74. The Morgan fingerprint density at radius 3 is 2.50 bits per heavy atom. The van der Waals surface area contributed by atoms with Gasteiger partial charge in [-0.1, -0.05) is 24.3 Å². The second-order valence-corrected chi connectivity index (χ2v) is 8.86. The highest BCUT2D eigenvalue weighted by Gasteiger charge is 2.17. The van der Waals surface area contributed by atoms with Crippen molar-refractivity contribution in [1.82, 2.24) is 15.3 Å². The van der Waals surface area contributed by atoms with Crippen molar-refractivity contribution < 1.29 is 18.0 Å². The molecule has 0 saturated carbocycles. The predicted molar refractivity (Wildman–Crippen MR) is 121 cm³/mol. The van der Waals surface area contributed by atoms with Gasteiger partial charge in [0.1, 0.15) is 5.69 Å². The molecule has 0 unspecified atom stereocenters. The third-order valence-corrected chi connectivity index (χ3v) is 6.28. The zero-order valence-electron chi connectivity index (χ0n) is 17.1. The number of hydrogen-bond acceptors (Lipinski definition) is 5. The number of pyridine rings is 1. The van der Waals surface area contributed by atoms with Crippen LogP contribution in [0.3, 0.4) is 0 Å². The first-order chi connectivity index (χ1) is 15.3. The highest BCUT2D eigenvalue weighted by molar-refractivity contribution is 7.92. The zero-order chi connectivity index (χ0) is 22.7. The van der Waals surface area contributed by atoms with Crippen LogP contribution in [0.25, 0.3) is 10.9 Å². The van der Waals surface area contributed by atoms with E-state index in [9.17, 15) is 18.0 Å². The Morgan fingerprint density at radius 1 is 1.03 bits per heavy atom. The number of hydrogen-bond donors (Lipinski definition) is 3. The average Bonchev–Trinajstić information content (AvgIpc) is 3.22. The van der Waals surface area contributed by atoms with Gasteiger partial charge < -0.3 is 10.3 Å². The molecular formula is C23H20N4O4S. The fraction of sp³-hybridized carbons (Fsp3) is 0.0870. The van der Waals surface area contributed by atoms with Crippen LogP contribution in [0.2, 0.25) is 0 Å². The molecule has 0 aliphatic heterocycles. The van der Waals surface area contributed by atoms with Crippen molar-refractivity contribution in [2.24, 2.45) is 0 Å². The molecule has 0 radical (unpaired) electrons.